The molecule has 2 rings (SSSR count). The third kappa shape index (κ3) is 4.51. The van der Waals surface area contributed by atoms with Crippen LogP contribution in [0.25, 0.3) is 6.08 Å². The van der Waals surface area contributed by atoms with E-state index in [0.29, 0.717) is 12.2 Å². The molecule has 0 heterocycles. The molecule has 0 fully saturated rings. The smallest absolute Gasteiger partial charge is 0.192 e. The topological polar surface area (TPSA) is 59.3 Å². The molecular formula is C19H16FNO3. The lowest BCUT2D eigenvalue weighted by Gasteiger charge is -2.10. The minimum absolute atomic E-state index is 0.113. The molecule has 0 unspecified atom stereocenters. The number of carbonyl (C=O) groups excluding carboxylic acids is 1. The van der Waals surface area contributed by atoms with E-state index >= 15 is 0 Å². The maximum atomic E-state index is 14.0. The number of allylic oxidation sites excluding steroid dienone is 1. The fourth-order valence-corrected chi connectivity index (χ4v) is 2.02. The van der Waals surface area contributed by atoms with E-state index in [4.69, 9.17) is 14.7 Å². The second kappa shape index (κ2) is 8.61. The zero-order chi connectivity index (χ0) is 17.4. The van der Waals surface area contributed by atoms with Gasteiger partial charge in [-0.1, -0.05) is 24.3 Å². The number of nitriles is 1. The first kappa shape index (κ1) is 17.4. The Bertz CT molecular complexity index is 776. The number of hydrogen-bond donors (Lipinski definition) is 0. The van der Waals surface area contributed by atoms with Crippen LogP contribution < -0.4 is 4.74 Å². The highest BCUT2D eigenvalue weighted by Crippen LogP contribution is 2.23. The van der Waals surface area contributed by atoms with Crippen molar-refractivity contribution in [2.45, 2.75) is 0 Å². The molecule has 122 valence electrons. The summed E-state index contributed by atoms with van der Waals surface area (Å²) in [6.45, 7) is 0.560. The zero-order valence-corrected chi connectivity index (χ0v) is 13.2. The first-order chi connectivity index (χ1) is 11.7. The molecule has 0 aliphatic carbocycles. The van der Waals surface area contributed by atoms with Crippen molar-refractivity contribution < 1.29 is 18.7 Å². The van der Waals surface area contributed by atoms with Crippen molar-refractivity contribution >= 4 is 11.9 Å². The van der Waals surface area contributed by atoms with Crippen LogP contribution in [0.15, 0.2) is 48.5 Å². The van der Waals surface area contributed by atoms with E-state index in [2.05, 4.69) is 0 Å². The highest BCUT2D eigenvalue weighted by Gasteiger charge is 2.15. The molecule has 2 aromatic carbocycles. The normalized spacial score (nSPS) is 10.5. The van der Waals surface area contributed by atoms with Crippen LogP contribution in [-0.2, 0) is 4.74 Å². The van der Waals surface area contributed by atoms with Crippen LogP contribution in [0.5, 0.6) is 5.75 Å². The Balaban J connectivity index is 2.19. The van der Waals surface area contributed by atoms with E-state index in [0.717, 1.165) is 5.56 Å². The van der Waals surface area contributed by atoms with Crippen molar-refractivity contribution in [3.8, 4) is 11.8 Å². The van der Waals surface area contributed by atoms with Crippen LogP contribution in [0.1, 0.15) is 21.5 Å². The molecule has 0 spiro atoms. The number of ether oxygens (including phenoxy) is 2. The van der Waals surface area contributed by atoms with Gasteiger partial charge in [0.1, 0.15) is 18.2 Å². The van der Waals surface area contributed by atoms with E-state index in [1.165, 1.54) is 25.3 Å². The molecule has 24 heavy (non-hydrogen) atoms. The summed E-state index contributed by atoms with van der Waals surface area (Å²) in [4.78, 5) is 12.3. The number of hydrogen-bond acceptors (Lipinski definition) is 4. The van der Waals surface area contributed by atoms with Crippen molar-refractivity contribution in [3.63, 3.8) is 0 Å². The quantitative estimate of drug-likeness (QED) is 0.443. The fourth-order valence-electron chi connectivity index (χ4n) is 2.02. The summed E-state index contributed by atoms with van der Waals surface area (Å²) in [7, 11) is 1.53. The van der Waals surface area contributed by atoms with Crippen molar-refractivity contribution in [3.05, 3.63) is 71.0 Å². The summed E-state index contributed by atoms with van der Waals surface area (Å²) in [5.41, 5.74) is 1.15. The van der Waals surface area contributed by atoms with Gasteiger partial charge in [0.05, 0.1) is 23.8 Å². The second-order valence-corrected chi connectivity index (χ2v) is 4.89. The van der Waals surface area contributed by atoms with Crippen LogP contribution in [-0.4, -0.2) is 26.1 Å². The molecule has 4 nitrogen and oxygen atoms in total. The summed E-state index contributed by atoms with van der Waals surface area (Å²) in [5, 5.41) is 8.76. The van der Waals surface area contributed by atoms with Gasteiger partial charge >= 0.3 is 0 Å². The SMILES string of the molecule is COCCOc1cccc(F)c1C(=O)/C=C\c1ccc(C#N)cc1. The van der Waals surface area contributed by atoms with Gasteiger partial charge in [0.15, 0.2) is 5.78 Å². The lowest BCUT2D eigenvalue weighted by Crippen LogP contribution is -2.09. The van der Waals surface area contributed by atoms with Gasteiger partial charge in [0.2, 0.25) is 0 Å². The van der Waals surface area contributed by atoms with E-state index in [1.807, 2.05) is 6.07 Å². The molecule has 0 amide bonds. The lowest BCUT2D eigenvalue weighted by molar-refractivity contribution is 0.103. The molecule has 0 radical (unpaired) electrons. The molecule has 0 aromatic heterocycles. The van der Waals surface area contributed by atoms with Gasteiger partial charge in [-0.3, -0.25) is 4.79 Å². The largest absolute Gasteiger partial charge is 0.490 e. The number of rotatable bonds is 7. The third-order valence-electron chi connectivity index (χ3n) is 3.23. The first-order valence-corrected chi connectivity index (χ1v) is 7.28. The molecule has 0 aliphatic heterocycles. The highest BCUT2D eigenvalue weighted by molar-refractivity contribution is 6.08. The Kier molecular flexibility index (Phi) is 6.23. The molecule has 0 atom stereocenters. The Morgan fingerprint density at radius 1 is 1.21 bits per heavy atom. The van der Waals surface area contributed by atoms with Gasteiger partial charge in [-0.2, -0.15) is 5.26 Å². The number of carbonyl (C=O) groups is 1. The van der Waals surface area contributed by atoms with Gasteiger partial charge in [-0.25, -0.2) is 4.39 Å². The number of ketones is 1. The Hall–Kier alpha value is -2.97. The molecule has 0 saturated carbocycles. The summed E-state index contributed by atoms with van der Waals surface area (Å²) < 4.78 is 24.3. The van der Waals surface area contributed by atoms with Gasteiger partial charge in [0, 0.05) is 7.11 Å². The maximum Gasteiger partial charge on any atom is 0.192 e. The van der Waals surface area contributed by atoms with Crippen molar-refractivity contribution in [2.24, 2.45) is 0 Å². The summed E-state index contributed by atoms with van der Waals surface area (Å²) in [6.07, 6.45) is 2.85. The summed E-state index contributed by atoms with van der Waals surface area (Å²) in [6, 6.07) is 13.0. The van der Waals surface area contributed by atoms with Crippen LogP contribution in [0.2, 0.25) is 0 Å². The molecule has 0 saturated heterocycles. The van der Waals surface area contributed by atoms with Gasteiger partial charge in [0.25, 0.3) is 0 Å². The predicted octanol–water partition coefficient (Wildman–Crippen LogP) is 3.62. The summed E-state index contributed by atoms with van der Waals surface area (Å²) >= 11 is 0. The standard InChI is InChI=1S/C19H16FNO3/c1-23-11-12-24-18-4-2-3-16(20)19(18)17(22)10-9-14-5-7-15(13-21)8-6-14/h2-10H,11-12H2,1H3/b10-9-. The molecule has 2 aromatic rings. The van der Waals surface area contributed by atoms with Gasteiger partial charge < -0.3 is 9.47 Å². The maximum absolute atomic E-state index is 14.0. The van der Waals surface area contributed by atoms with E-state index in [1.54, 1.807) is 36.4 Å². The van der Waals surface area contributed by atoms with Crippen LogP contribution in [0.4, 0.5) is 4.39 Å². The van der Waals surface area contributed by atoms with E-state index in [9.17, 15) is 9.18 Å². The molecule has 0 N–H and O–H groups in total. The third-order valence-corrected chi connectivity index (χ3v) is 3.23. The molecule has 0 aliphatic rings. The van der Waals surface area contributed by atoms with Crippen molar-refractivity contribution in [1.82, 2.24) is 0 Å². The Labute approximate surface area is 139 Å². The number of nitrogens with zero attached hydrogens (tertiary/aromatic N) is 1. The average molecular weight is 325 g/mol. The van der Waals surface area contributed by atoms with Crippen LogP contribution in [0.3, 0.4) is 0 Å². The fraction of sp³-hybridized carbons (Fsp3) is 0.158. The van der Waals surface area contributed by atoms with Crippen molar-refractivity contribution in [1.29, 1.82) is 5.26 Å². The number of halogens is 1. The van der Waals surface area contributed by atoms with Crippen LogP contribution >= 0.6 is 0 Å². The second-order valence-electron chi connectivity index (χ2n) is 4.89. The first-order valence-electron chi connectivity index (χ1n) is 7.28. The molecular weight excluding hydrogens is 309 g/mol. The monoisotopic (exact) mass is 325 g/mol. The Morgan fingerprint density at radius 3 is 2.62 bits per heavy atom. The van der Waals surface area contributed by atoms with Crippen LogP contribution in [0, 0.1) is 17.1 Å². The van der Waals surface area contributed by atoms with Crippen molar-refractivity contribution in [2.75, 3.05) is 20.3 Å². The minimum atomic E-state index is -0.639. The van der Waals surface area contributed by atoms with E-state index < -0.39 is 11.6 Å². The number of benzene rings is 2. The van der Waals surface area contributed by atoms with Gasteiger partial charge in [-0.15, -0.1) is 0 Å². The summed E-state index contributed by atoms with van der Waals surface area (Å²) in [5.74, 6) is -0.953. The zero-order valence-electron chi connectivity index (χ0n) is 13.2. The number of methoxy groups -OCH3 is 1. The Morgan fingerprint density at radius 2 is 1.96 bits per heavy atom. The lowest BCUT2D eigenvalue weighted by atomic mass is 10.1. The minimum Gasteiger partial charge on any atom is -0.490 e. The average Bonchev–Trinajstić information content (AvgIpc) is 2.60. The predicted molar refractivity (Wildman–Crippen MR) is 88.3 cm³/mol. The molecule has 0 bridgehead atoms. The molecule has 5 heteroatoms. The van der Waals surface area contributed by atoms with Gasteiger partial charge in [-0.05, 0) is 35.9 Å². The van der Waals surface area contributed by atoms with E-state index in [-0.39, 0.29) is 17.9 Å². The highest BCUT2D eigenvalue weighted by atomic mass is 19.1.